The van der Waals surface area contributed by atoms with Crippen molar-refractivity contribution in [3.63, 3.8) is 0 Å². The Morgan fingerprint density at radius 2 is 1.55 bits per heavy atom. The van der Waals surface area contributed by atoms with Gasteiger partial charge in [0.05, 0.1) is 11.3 Å². The molecule has 4 rings (SSSR count). The number of halogens is 3. The lowest BCUT2D eigenvalue weighted by molar-refractivity contribution is -0.137. The van der Waals surface area contributed by atoms with E-state index in [-0.39, 0.29) is 0 Å². The summed E-state index contributed by atoms with van der Waals surface area (Å²) in [6, 6.07) is 13.7. The van der Waals surface area contributed by atoms with E-state index in [4.69, 9.17) is 0 Å². The molecular weight excluding hydrogens is 379 g/mol. The number of nitrogens with one attached hydrogen (secondary N) is 1. The smallest absolute Gasteiger partial charge is 0.340 e. The predicted octanol–water partition coefficient (Wildman–Crippen LogP) is 5.36. The summed E-state index contributed by atoms with van der Waals surface area (Å²) in [4.78, 5) is 17.0. The van der Waals surface area contributed by atoms with Crippen molar-refractivity contribution < 1.29 is 13.2 Å². The average Bonchev–Trinajstić information content (AvgIpc) is 2.74. The normalized spacial score (nSPS) is 11.3. The highest BCUT2D eigenvalue weighted by Gasteiger charge is 2.30. The first-order chi connectivity index (χ1) is 14.0. The fourth-order valence-corrected chi connectivity index (χ4v) is 2.72. The monoisotopic (exact) mass is 393 g/mol. The summed E-state index contributed by atoms with van der Waals surface area (Å²) >= 11 is 0. The quantitative estimate of drug-likeness (QED) is 0.505. The van der Waals surface area contributed by atoms with Crippen LogP contribution in [0.1, 0.15) is 5.56 Å². The van der Waals surface area contributed by atoms with Gasteiger partial charge in [-0.15, -0.1) is 0 Å². The molecule has 3 heterocycles. The Kier molecular flexibility index (Phi) is 4.90. The second-order valence-electron chi connectivity index (χ2n) is 6.14. The Hall–Kier alpha value is -3.81. The van der Waals surface area contributed by atoms with Gasteiger partial charge < -0.3 is 5.32 Å². The molecule has 0 saturated heterocycles. The molecule has 0 amide bonds. The largest absolute Gasteiger partial charge is 0.416 e. The Balaban J connectivity index is 1.82. The van der Waals surface area contributed by atoms with Crippen LogP contribution < -0.4 is 5.32 Å². The molecule has 8 heteroatoms. The summed E-state index contributed by atoms with van der Waals surface area (Å²) in [5, 5.41) is 3.14. The highest BCUT2D eigenvalue weighted by Crippen LogP contribution is 2.33. The first-order valence-electron chi connectivity index (χ1n) is 8.63. The fourth-order valence-electron chi connectivity index (χ4n) is 2.72. The lowest BCUT2D eigenvalue weighted by Crippen LogP contribution is -2.05. The first-order valence-corrected chi connectivity index (χ1v) is 8.63. The molecule has 0 saturated carbocycles. The second kappa shape index (κ2) is 7.67. The van der Waals surface area contributed by atoms with Crippen LogP contribution >= 0.6 is 0 Å². The minimum atomic E-state index is -4.44. The minimum absolute atomic E-state index is 0.338. The van der Waals surface area contributed by atoms with Gasteiger partial charge in [-0.25, -0.2) is 9.97 Å². The van der Waals surface area contributed by atoms with Gasteiger partial charge in [-0.05, 0) is 36.4 Å². The van der Waals surface area contributed by atoms with Crippen molar-refractivity contribution in [2.45, 2.75) is 6.18 Å². The lowest BCUT2D eigenvalue weighted by atomic mass is 10.1. The third-order valence-corrected chi connectivity index (χ3v) is 4.08. The number of alkyl halides is 3. The van der Waals surface area contributed by atoms with Gasteiger partial charge in [0.25, 0.3) is 0 Å². The maximum Gasteiger partial charge on any atom is 0.416 e. The van der Waals surface area contributed by atoms with Gasteiger partial charge in [0.2, 0.25) is 0 Å². The van der Waals surface area contributed by atoms with Crippen molar-refractivity contribution in [2.24, 2.45) is 0 Å². The highest BCUT2D eigenvalue weighted by molar-refractivity contribution is 5.70. The van der Waals surface area contributed by atoms with Crippen molar-refractivity contribution in [2.75, 3.05) is 5.32 Å². The number of benzene rings is 1. The first kappa shape index (κ1) is 18.5. The van der Waals surface area contributed by atoms with Gasteiger partial charge >= 0.3 is 6.18 Å². The van der Waals surface area contributed by atoms with Gasteiger partial charge in [-0.1, -0.05) is 12.1 Å². The number of rotatable bonds is 4. The zero-order valence-electron chi connectivity index (χ0n) is 14.9. The zero-order chi connectivity index (χ0) is 20.3. The summed E-state index contributed by atoms with van der Waals surface area (Å²) in [5.74, 6) is 0.794. The molecule has 0 aliphatic carbocycles. The Labute approximate surface area is 164 Å². The summed E-state index contributed by atoms with van der Waals surface area (Å²) < 4.78 is 39.4. The number of hydrogen-bond acceptors (Lipinski definition) is 5. The standard InChI is InChI=1S/C21H14F3N5/c22-21(23,24)16-5-1-3-14(11-16)18-12-19(27-17-6-9-25-10-7-17)29-20(28-18)15-4-2-8-26-13-15/h1-13H,(H,25,27,28,29). The van der Waals surface area contributed by atoms with Crippen LogP contribution in [0.2, 0.25) is 0 Å². The molecule has 1 N–H and O–H groups in total. The summed E-state index contributed by atoms with van der Waals surface area (Å²) in [6.07, 6.45) is 2.03. The van der Waals surface area contributed by atoms with Gasteiger partial charge in [-0.3, -0.25) is 9.97 Å². The van der Waals surface area contributed by atoms with Crippen LogP contribution in [0.25, 0.3) is 22.6 Å². The molecule has 0 atom stereocenters. The van der Waals surface area contributed by atoms with Crippen molar-refractivity contribution >= 4 is 11.5 Å². The Morgan fingerprint density at radius 1 is 0.759 bits per heavy atom. The third-order valence-electron chi connectivity index (χ3n) is 4.08. The van der Waals surface area contributed by atoms with Crippen molar-refractivity contribution in [3.8, 4) is 22.6 Å². The topological polar surface area (TPSA) is 63.6 Å². The van der Waals surface area contributed by atoms with E-state index in [0.29, 0.717) is 28.5 Å². The summed E-state index contributed by atoms with van der Waals surface area (Å²) in [6.45, 7) is 0. The molecule has 0 spiro atoms. The molecule has 144 valence electrons. The SMILES string of the molecule is FC(F)(F)c1cccc(-c2cc(Nc3ccncc3)nc(-c3cccnc3)n2)c1. The van der Waals surface area contributed by atoms with Crippen molar-refractivity contribution in [1.82, 2.24) is 19.9 Å². The summed E-state index contributed by atoms with van der Waals surface area (Å²) in [7, 11) is 0. The molecular formula is C21H14F3N5. The van der Waals surface area contributed by atoms with E-state index in [9.17, 15) is 13.2 Å². The number of aromatic nitrogens is 4. The number of anilines is 2. The van der Waals surface area contributed by atoms with Gasteiger partial charge in [-0.2, -0.15) is 13.2 Å². The summed E-state index contributed by atoms with van der Waals surface area (Å²) in [5.41, 5.74) is 1.36. The molecule has 0 unspecified atom stereocenters. The number of nitrogens with zero attached hydrogens (tertiary/aromatic N) is 4. The van der Waals surface area contributed by atoms with Crippen molar-refractivity contribution in [1.29, 1.82) is 0 Å². The van der Waals surface area contributed by atoms with E-state index in [1.165, 1.54) is 6.07 Å². The van der Waals surface area contributed by atoms with E-state index in [1.807, 2.05) is 0 Å². The van der Waals surface area contributed by atoms with E-state index in [0.717, 1.165) is 17.8 Å². The van der Waals surface area contributed by atoms with Crippen LogP contribution in [-0.4, -0.2) is 19.9 Å². The molecule has 0 bridgehead atoms. The molecule has 0 aliphatic heterocycles. The Bertz CT molecular complexity index is 1120. The maximum atomic E-state index is 13.1. The minimum Gasteiger partial charge on any atom is -0.340 e. The molecule has 0 aliphatic rings. The molecule has 4 aromatic rings. The van der Waals surface area contributed by atoms with Crippen molar-refractivity contribution in [3.05, 3.63) is 84.9 Å². The van der Waals surface area contributed by atoms with E-state index >= 15 is 0 Å². The van der Waals surface area contributed by atoms with Gasteiger partial charge in [0.15, 0.2) is 5.82 Å². The van der Waals surface area contributed by atoms with E-state index in [1.54, 1.807) is 61.2 Å². The van der Waals surface area contributed by atoms with Crippen LogP contribution in [0.3, 0.4) is 0 Å². The molecule has 3 aromatic heterocycles. The molecule has 0 fully saturated rings. The molecule has 29 heavy (non-hydrogen) atoms. The fraction of sp³-hybridized carbons (Fsp3) is 0.0476. The van der Waals surface area contributed by atoms with Crippen LogP contribution in [-0.2, 0) is 6.18 Å². The zero-order valence-corrected chi connectivity index (χ0v) is 14.9. The van der Waals surface area contributed by atoms with Crippen LogP contribution in [0.4, 0.5) is 24.7 Å². The molecule has 5 nitrogen and oxygen atoms in total. The predicted molar refractivity (Wildman–Crippen MR) is 103 cm³/mol. The maximum absolute atomic E-state index is 13.1. The van der Waals surface area contributed by atoms with E-state index < -0.39 is 11.7 Å². The van der Waals surface area contributed by atoms with E-state index in [2.05, 4.69) is 25.3 Å². The van der Waals surface area contributed by atoms with Crippen LogP contribution in [0.5, 0.6) is 0 Å². The Morgan fingerprint density at radius 3 is 2.28 bits per heavy atom. The lowest BCUT2D eigenvalue weighted by Gasteiger charge is -2.12. The third kappa shape index (κ3) is 4.37. The van der Waals surface area contributed by atoms with Crippen LogP contribution in [0.15, 0.2) is 79.4 Å². The van der Waals surface area contributed by atoms with Gasteiger partial charge in [0.1, 0.15) is 5.82 Å². The number of pyridine rings is 2. The van der Waals surface area contributed by atoms with Gasteiger partial charge in [0, 0.05) is 47.7 Å². The molecule has 0 radical (unpaired) electrons. The second-order valence-corrected chi connectivity index (χ2v) is 6.14. The highest BCUT2D eigenvalue weighted by atomic mass is 19.4. The number of hydrogen-bond donors (Lipinski definition) is 1. The average molecular weight is 393 g/mol. The van der Waals surface area contributed by atoms with Crippen LogP contribution in [0, 0.1) is 0 Å². The molecule has 1 aromatic carbocycles.